The average Bonchev–Trinajstić information content (AvgIpc) is 3.40. The van der Waals surface area contributed by atoms with E-state index in [1.807, 2.05) is 37.4 Å². The monoisotopic (exact) mass is 675 g/mol. The maximum atomic E-state index is 15.5. The molecular formula is C34H37Cl2F2N3O3S. The van der Waals surface area contributed by atoms with Crippen molar-refractivity contribution in [2.75, 3.05) is 28.3 Å². The minimum atomic E-state index is -1.82. The van der Waals surface area contributed by atoms with E-state index in [-0.39, 0.29) is 57.2 Å². The highest BCUT2D eigenvalue weighted by Crippen LogP contribution is 2.50. The molecule has 1 unspecified atom stereocenters. The Morgan fingerprint density at radius 3 is 2.20 bits per heavy atom. The number of rotatable bonds is 8. The van der Waals surface area contributed by atoms with Gasteiger partial charge < -0.3 is 14.5 Å². The van der Waals surface area contributed by atoms with E-state index in [9.17, 15) is 14.0 Å². The number of hydrogen-bond donors (Lipinski definition) is 0. The molecule has 0 radical (unpaired) electrons. The molecule has 1 atom stereocenters. The van der Waals surface area contributed by atoms with Crippen LogP contribution in [-0.2, 0) is 12.2 Å². The molecule has 1 saturated carbocycles. The van der Waals surface area contributed by atoms with Gasteiger partial charge in [0.2, 0.25) is 0 Å². The number of amides is 2. The summed E-state index contributed by atoms with van der Waals surface area (Å²) in [5, 5.41) is -0.0513. The Hall–Kier alpha value is -2.98. The lowest BCUT2D eigenvalue weighted by Crippen LogP contribution is -2.44. The quantitative estimate of drug-likeness (QED) is 0.224. The second-order valence-corrected chi connectivity index (χ2v) is 14.1. The van der Waals surface area contributed by atoms with Gasteiger partial charge in [-0.3, -0.25) is 9.59 Å². The molecule has 0 aliphatic heterocycles. The summed E-state index contributed by atoms with van der Waals surface area (Å²) >= 11 is 13.9. The molecule has 2 aliphatic rings. The fourth-order valence-electron chi connectivity index (χ4n) is 6.16. The molecule has 240 valence electrons. The van der Waals surface area contributed by atoms with E-state index in [4.69, 9.17) is 28.1 Å². The molecule has 3 aromatic rings. The molecular weight excluding hydrogens is 639 g/mol. The van der Waals surface area contributed by atoms with E-state index >= 15 is 4.39 Å². The van der Waals surface area contributed by atoms with E-state index in [0.29, 0.717) is 24.2 Å². The third kappa shape index (κ3) is 6.77. The number of ether oxygens (including phenoxy) is 1. The highest BCUT2D eigenvalue weighted by atomic mass is 35.5. The summed E-state index contributed by atoms with van der Waals surface area (Å²) in [6.45, 7) is 1.58. The lowest BCUT2D eigenvalue weighted by Gasteiger charge is -2.38. The molecule has 2 amide bonds. The van der Waals surface area contributed by atoms with E-state index in [1.165, 1.54) is 17.9 Å². The molecule has 0 N–H and O–H groups in total. The number of thiophene rings is 1. The molecule has 1 heterocycles. The van der Waals surface area contributed by atoms with Crippen LogP contribution in [0.5, 0.6) is 5.75 Å². The Balaban J connectivity index is 1.52. The number of carbonyl (C=O) groups is 2. The molecule has 11 heteroatoms. The van der Waals surface area contributed by atoms with Crippen LogP contribution in [0.2, 0.25) is 5.02 Å². The molecule has 0 spiro atoms. The van der Waals surface area contributed by atoms with Crippen molar-refractivity contribution < 1.29 is 23.1 Å². The maximum absolute atomic E-state index is 15.5. The maximum Gasteiger partial charge on any atom is 0.266 e. The molecule has 0 bridgehead atoms. The molecule has 2 aromatic carbocycles. The number of benzene rings is 2. The normalized spacial score (nSPS) is 21.2. The third-order valence-corrected chi connectivity index (χ3v) is 11.0. The number of carbonyl (C=O) groups excluding carboxylic acids is 2. The summed E-state index contributed by atoms with van der Waals surface area (Å²) in [6.07, 6.45) is 4.06. The van der Waals surface area contributed by atoms with E-state index in [1.54, 1.807) is 42.7 Å². The van der Waals surface area contributed by atoms with Crippen molar-refractivity contribution in [3.05, 3.63) is 80.0 Å². The summed E-state index contributed by atoms with van der Waals surface area (Å²) in [6, 6.07) is 13.2. The van der Waals surface area contributed by atoms with Gasteiger partial charge in [-0.25, -0.2) is 13.2 Å². The number of methoxy groups -OCH3 is 1. The second kappa shape index (κ2) is 13.4. The molecule has 0 saturated heterocycles. The van der Waals surface area contributed by atoms with Gasteiger partial charge in [0.25, 0.3) is 11.8 Å². The van der Waals surface area contributed by atoms with Gasteiger partial charge in [-0.1, -0.05) is 29.8 Å². The third-order valence-electron chi connectivity index (χ3n) is 8.78. The van der Waals surface area contributed by atoms with Crippen LogP contribution in [0.25, 0.3) is 17.0 Å². The Morgan fingerprint density at radius 1 is 1.00 bits per heavy atom. The summed E-state index contributed by atoms with van der Waals surface area (Å²) in [4.78, 5) is 30.4. The molecule has 2 aliphatic carbocycles. The van der Waals surface area contributed by atoms with Crippen molar-refractivity contribution in [2.45, 2.75) is 63.3 Å². The summed E-state index contributed by atoms with van der Waals surface area (Å²) in [5.41, 5.74) is 1.29. The van der Waals surface area contributed by atoms with Gasteiger partial charge in [0.1, 0.15) is 22.1 Å². The molecule has 1 aromatic heterocycles. The van der Waals surface area contributed by atoms with Crippen LogP contribution in [0.4, 0.5) is 8.78 Å². The minimum Gasteiger partial charge on any atom is -0.496 e. The van der Waals surface area contributed by atoms with E-state index in [2.05, 4.69) is 0 Å². The first-order valence-electron chi connectivity index (χ1n) is 14.9. The fraction of sp³-hybridized carbons (Fsp3) is 0.412. The molecule has 1 fully saturated rings. The Labute approximate surface area is 277 Å². The first kappa shape index (κ1) is 33.4. The van der Waals surface area contributed by atoms with Gasteiger partial charge in [0, 0.05) is 62.9 Å². The SMILES string of the molecule is COc1ccc(-c2ccc(C(=O)N(C)C)cc2)cc1CN(C(=O)c1sc2c(c1Cl)C(F)=CCC2(C)F)[C@H]1CC[C@H](N(C)Cl)CC1. The predicted molar refractivity (Wildman–Crippen MR) is 177 cm³/mol. The van der Waals surface area contributed by atoms with Gasteiger partial charge in [0.15, 0.2) is 0 Å². The fourth-order valence-corrected chi connectivity index (χ4v) is 7.99. The molecule has 6 nitrogen and oxygen atoms in total. The second-order valence-electron chi connectivity index (χ2n) is 12.1. The number of hydrogen-bond acceptors (Lipinski definition) is 5. The number of allylic oxidation sites excluding steroid dienone is 1. The van der Waals surface area contributed by atoms with Crippen molar-refractivity contribution in [1.29, 1.82) is 0 Å². The summed E-state index contributed by atoms with van der Waals surface area (Å²) in [7, 11) is 6.83. The van der Waals surface area contributed by atoms with Crippen LogP contribution in [0.15, 0.2) is 48.5 Å². The standard InChI is InChI=1S/C34H37Cl2F2N3O3S/c1-34(38)17-16-26(37)28-29(35)30(45-31(28)34)33(43)41(25-13-11-24(12-14-25)40(4)36)19-23-18-22(10-15-27(23)44-5)20-6-8-21(9-7-20)32(42)39(2)3/h6-10,15-16,18,24-25H,11-14,17,19H2,1-5H3/t24-,25-,34?. The first-order valence-corrected chi connectivity index (χ1v) is 16.4. The van der Waals surface area contributed by atoms with Crippen LogP contribution in [0.1, 0.15) is 75.1 Å². The van der Waals surface area contributed by atoms with Gasteiger partial charge in [-0.2, -0.15) is 0 Å². The number of alkyl halides is 1. The summed E-state index contributed by atoms with van der Waals surface area (Å²) in [5.74, 6) is -0.458. The van der Waals surface area contributed by atoms with Gasteiger partial charge in [0.05, 0.1) is 17.0 Å². The highest BCUT2D eigenvalue weighted by molar-refractivity contribution is 7.15. The average molecular weight is 677 g/mol. The minimum absolute atomic E-state index is 0.0236. The van der Waals surface area contributed by atoms with Crippen LogP contribution in [0.3, 0.4) is 0 Å². The largest absolute Gasteiger partial charge is 0.496 e. The zero-order chi connectivity index (χ0) is 32.6. The van der Waals surface area contributed by atoms with Crippen molar-refractivity contribution in [1.82, 2.24) is 14.2 Å². The predicted octanol–water partition coefficient (Wildman–Crippen LogP) is 8.72. The zero-order valence-corrected chi connectivity index (χ0v) is 28.3. The van der Waals surface area contributed by atoms with Crippen LogP contribution in [0, 0.1) is 0 Å². The molecule has 5 rings (SSSR count). The highest BCUT2D eigenvalue weighted by Gasteiger charge is 2.40. The van der Waals surface area contributed by atoms with Gasteiger partial charge >= 0.3 is 0 Å². The van der Waals surface area contributed by atoms with E-state index < -0.39 is 11.5 Å². The van der Waals surface area contributed by atoms with Crippen molar-refractivity contribution in [3.63, 3.8) is 0 Å². The van der Waals surface area contributed by atoms with Crippen LogP contribution >= 0.6 is 34.7 Å². The number of nitrogens with zero attached hydrogens (tertiary/aromatic N) is 3. The van der Waals surface area contributed by atoms with Gasteiger partial charge in [-0.15, -0.1) is 11.3 Å². The van der Waals surface area contributed by atoms with Crippen molar-refractivity contribution in [3.8, 4) is 16.9 Å². The van der Waals surface area contributed by atoms with Crippen molar-refractivity contribution in [2.24, 2.45) is 0 Å². The molecule has 45 heavy (non-hydrogen) atoms. The Morgan fingerprint density at radius 2 is 1.62 bits per heavy atom. The number of halogens is 4. The van der Waals surface area contributed by atoms with Crippen molar-refractivity contribution >= 4 is 52.4 Å². The van der Waals surface area contributed by atoms with E-state index in [0.717, 1.165) is 40.9 Å². The lowest BCUT2D eigenvalue weighted by atomic mass is 9.89. The number of fused-ring (bicyclic) bond motifs is 1. The zero-order valence-electron chi connectivity index (χ0n) is 26.0. The smallest absolute Gasteiger partial charge is 0.266 e. The Kier molecular flexibility index (Phi) is 9.94. The topological polar surface area (TPSA) is 53.1 Å². The first-order chi connectivity index (χ1) is 21.3. The Bertz CT molecular complexity index is 1610. The lowest BCUT2D eigenvalue weighted by molar-refractivity contribution is 0.0589. The van der Waals surface area contributed by atoms with Gasteiger partial charge in [-0.05, 0) is 85.9 Å². The van der Waals surface area contributed by atoms with Crippen LogP contribution < -0.4 is 4.74 Å². The summed E-state index contributed by atoms with van der Waals surface area (Å²) < 4.78 is 37.8. The van der Waals surface area contributed by atoms with Crippen LogP contribution in [-0.4, -0.2) is 66.4 Å².